The van der Waals surface area contributed by atoms with Crippen molar-refractivity contribution in [3.63, 3.8) is 0 Å². The Kier molecular flexibility index (Phi) is 3.91. The highest BCUT2D eigenvalue weighted by molar-refractivity contribution is 6.31. The van der Waals surface area contributed by atoms with Crippen molar-refractivity contribution in [1.82, 2.24) is 20.2 Å². The minimum Gasteiger partial charge on any atom is -0.451 e. The largest absolute Gasteiger partial charge is 0.451 e. The van der Waals surface area contributed by atoms with Crippen LogP contribution in [0.15, 0.2) is 46.9 Å². The number of aryl methyl sites for hydroxylation is 1. The molecule has 2 heterocycles. The van der Waals surface area contributed by atoms with Crippen LogP contribution in [0.25, 0.3) is 22.4 Å². The third-order valence-electron chi connectivity index (χ3n) is 4.87. The van der Waals surface area contributed by atoms with Gasteiger partial charge >= 0.3 is 0 Å². The molecule has 1 aliphatic carbocycles. The molecule has 0 aliphatic heterocycles. The number of halogens is 1. The van der Waals surface area contributed by atoms with Crippen LogP contribution in [0.2, 0.25) is 5.02 Å². The van der Waals surface area contributed by atoms with E-state index < -0.39 is 0 Å². The van der Waals surface area contributed by atoms with Crippen LogP contribution in [0.4, 0.5) is 5.69 Å². The molecule has 28 heavy (non-hydrogen) atoms. The predicted molar refractivity (Wildman–Crippen MR) is 105 cm³/mol. The fraction of sp³-hybridized carbons (Fsp3) is 0.200. The molecule has 0 unspecified atom stereocenters. The number of nitrogens with zero attached hydrogens (tertiary/aromatic N) is 4. The average molecular weight is 394 g/mol. The molecular weight excluding hydrogens is 378 g/mol. The Hall–Kier alpha value is -3.19. The molecule has 1 amide bonds. The van der Waals surface area contributed by atoms with Crippen molar-refractivity contribution >= 4 is 34.2 Å². The highest BCUT2D eigenvalue weighted by Crippen LogP contribution is 2.37. The maximum absolute atomic E-state index is 12.8. The van der Waals surface area contributed by atoms with Crippen LogP contribution in [0, 0.1) is 6.92 Å². The highest BCUT2D eigenvalue weighted by atomic mass is 35.5. The van der Waals surface area contributed by atoms with Gasteiger partial charge in [0.05, 0.1) is 6.04 Å². The molecule has 0 saturated heterocycles. The van der Waals surface area contributed by atoms with Gasteiger partial charge in [-0.25, -0.2) is 4.68 Å². The van der Waals surface area contributed by atoms with Gasteiger partial charge in [0.15, 0.2) is 11.6 Å². The van der Waals surface area contributed by atoms with E-state index in [4.69, 9.17) is 16.0 Å². The lowest BCUT2D eigenvalue weighted by atomic mass is 10.1. The molecule has 0 radical (unpaired) electrons. The fourth-order valence-corrected chi connectivity index (χ4v) is 3.45. The summed E-state index contributed by atoms with van der Waals surface area (Å²) in [5.74, 6) is 0.655. The molecule has 5 rings (SSSR count). The predicted octanol–water partition coefficient (Wildman–Crippen LogP) is 4.64. The van der Waals surface area contributed by atoms with Crippen molar-refractivity contribution in [2.75, 3.05) is 5.32 Å². The van der Waals surface area contributed by atoms with Crippen molar-refractivity contribution in [1.29, 1.82) is 0 Å². The zero-order chi connectivity index (χ0) is 19.3. The molecule has 7 nitrogen and oxygen atoms in total. The normalized spacial score (nSPS) is 13.8. The second-order valence-electron chi connectivity index (χ2n) is 6.91. The fourth-order valence-electron chi connectivity index (χ4n) is 3.28. The smallest absolute Gasteiger partial charge is 0.291 e. The molecule has 0 bridgehead atoms. The van der Waals surface area contributed by atoms with Gasteiger partial charge in [-0.15, -0.1) is 5.10 Å². The molecule has 1 N–H and O–H groups in total. The number of hydrogen-bond acceptors (Lipinski definition) is 5. The average Bonchev–Trinajstić information content (AvgIpc) is 3.32. The quantitative estimate of drug-likeness (QED) is 0.546. The van der Waals surface area contributed by atoms with Gasteiger partial charge in [-0.2, -0.15) is 0 Å². The van der Waals surface area contributed by atoms with Crippen molar-refractivity contribution in [3.8, 4) is 11.4 Å². The third-order valence-corrected chi connectivity index (χ3v) is 5.10. The Balaban J connectivity index is 1.44. The van der Waals surface area contributed by atoms with E-state index in [-0.39, 0.29) is 11.7 Å². The monoisotopic (exact) mass is 393 g/mol. The number of hydrogen-bond donors (Lipinski definition) is 1. The van der Waals surface area contributed by atoms with Crippen molar-refractivity contribution in [2.24, 2.45) is 0 Å². The molecule has 0 atom stereocenters. The van der Waals surface area contributed by atoms with Gasteiger partial charge in [-0.05, 0) is 60.5 Å². The lowest BCUT2D eigenvalue weighted by Gasteiger charge is -2.07. The number of furan rings is 1. The summed E-state index contributed by atoms with van der Waals surface area (Å²) in [5.41, 5.74) is 2.88. The van der Waals surface area contributed by atoms with Gasteiger partial charge in [-0.1, -0.05) is 23.7 Å². The number of tetrazole rings is 1. The second kappa shape index (κ2) is 6.45. The zero-order valence-corrected chi connectivity index (χ0v) is 15.8. The molecule has 0 spiro atoms. The Morgan fingerprint density at radius 2 is 2.11 bits per heavy atom. The van der Waals surface area contributed by atoms with Crippen LogP contribution in [-0.4, -0.2) is 26.1 Å². The molecule has 140 valence electrons. The maximum Gasteiger partial charge on any atom is 0.291 e. The number of carbonyl (C=O) groups is 1. The van der Waals surface area contributed by atoms with E-state index in [2.05, 4.69) is 20.8 Å². The summed E-state index contributed by atoms with van der Waals surface area (Å²) in [7, 11) is 0. The zero-order valence-electron chi connectivity index (χ0n) is 15.0. The third kappa shape index (κ3) is 2.93. The lowest BCUT2D eigenvalue weighted by molar-refractivity contribution is 0.0998. The topological polar surface area (TPSA) is 85.8 Å². The molecule has 2 aromatic carbocycles. The van der Waals surface area contributed by atoms with E-state index in [1.165, 1.54) is 0 Å². The first-order valence-electron chi connectivity index (χ1n) is 8.98. The summed E-state index contributed by atoms with van der Waals surface area (Å²) in [5, 5.41) is 16.3. The number of benzene rings is 2. The summed E-state index contributed by atoms with van der Waals surface area (Å²) in [6.07, 6.45) is 2.17. The number of anilines is 1. The maximum atomic E-state index is 12.8. The molecule has 4 aromatic rings. The molecular formula is C20H16ClN5O2. The molecule has 8 heteroatoms. The van der Waals surface area contributed by atoms with E-state index in [1.807, 2.05) is 35.9 Å². The number of amides is 1. The summed E-state index contributed by atoms with van der Waals surface area (Å²) < 4.78 is 7.58. The van der Waals surface area contributed by atoms with Gasteiger partial charge < -0.3 is 9.73 Å². The first-order chi connectivity index (χ1) is 13.6. The van der Waals surface area contributed by atoms with Crippen molar-refractivity contribution in [3.05, 3.63) is 58.8 Å². The molecule has 1 fully saturated rings. The minimum absolute atomic E-state index is 0.269. The second-order valence-corrected chi connectivity index (χ2v) is 7.35. The molecule has 1 saturated carbocycles. The van der Waals surface area contributed by atoms with Crippen LogP contribution in [-0.2, 0) is 0 Å². The number of carbonyl (C=O) groups excluding carboxylic acids is 1. The van der Waals surface area contributed by atoms with Gasteiger partial charge in [0, 0.05) is 27.2 Å². The van der Waals surface area contributed by atoms with E-state index in [0.717, 1.165) is 29.4 Å². The van der Waals surface area contributed by atoms with Crippen molar-refractivity contribution < 1.29 is 9.21 Å². The number of fused-ring (bicyclic) bond motifs is 1. The first-order valence-corrected chi connectivity index (χ1v) is 9.36. The Labute approximate surface area is 165 Å². The molecule has 2 aromatic heterocycles. The Morgan fingerprint density at radius 3 is 2.93 bits per heavy atom. The van der Waals surface area contributed by atoms with Crippen LogP contribution >= 0.6 is 11.6 Å². The summed E-state index contributed by atoms with van der Waals surface area (Å²) in [6.45, 7) is 1.84. The number of rotatable bonds is 4. The summed E-state index contributed by atoms with van der Waals surface area (Å²) >= 11 is 6.05. The van der Waals surface area contributed by atoms with E-state index in [0.29, 0.717) is 28.2 Å². The lowest BCUT2D eigenvalue weighted by Crippen LogP contribution is -2.12. The van der Waals surface area contributed by atoms with E-state index >= 15 is 0 Å². The van der Waals surface area contributed by atoms with Gasteiger partial charge in [0.2, 0.25) is 0 Å². The first kappa shape index (κ1) is 16.9. The number of aromatic nitrogens is 4. The van der Waals surface area contributed by atoms with Gasteiger partial charge in [0.1, 0.15) is 5.58 Å². The molecule has 1 aliphatic rings. The summed E-state index contributed by atoms with van der Waals surface area (Å²) in [6, 6.07) is 13.1. The van der Waals surface area contributed by atoms with Gasteiger partial charge in [0.25, 0.3) is 5.91 Å². The Morgan fingerprint density at radius 1 is 1.25 bits per heavy atom. The van der Waals surface area contributed by atoms with Crippen LogP contribution < -0.4 is 5.32 Å². The standard InChI is InChI=1S/C20H16ClN5O2/c1-11-16-10-13(21)5-8-17(16)28-18(11)20(27)22-14-4-2-3-12(9-14)19-23-24-25-26(19)15-6-7-15/h2-5,8-10,15H,6-7H2,1H3,(H,22,27). The van der Waals surface area contributed by atoms with Crippen LogP contribution in [0.5, 0.6) is 0 Å². The summed E-state index contributed by atoms with van der Waals surface area (Å²) in [4.78, 5) is 12.8. The SMILES string of the molecule is Cc1c(C(=O)Nc2cccc(-c3nnnn3C3CC3)c2)oc2ccc(Cl)cc12. The van der Waals surface area contributed by atoms with Crippen LogP contribution in [0.1, 0.15) is 35.0 Å². The number of nitrogens with one attached hydrogen (secondary N) is 1. The van der Waals surface area contributed by atoms with Crippen molar-refractivity contribution in [2.45, 2.75) is 25.8 Å². The van der Waals surface area contributed by atoms with E-state index in [1.54, 1.807) is 18.2 Å². The van der Waals surface area contributed by atoms with E-state index in [9.17, 15) is 4.79 Å². The Bertz CT molecular complexity index is 1210. The van der Waals surface area contributed by atoms with Crippen LogP contribution in [0.3, 0.4) is 0 Å². The highest BCUT2D eigenvalue weighted by Gasteiger charge is 2.28. The minimum atomic E-state index is -0.316. The van der Waals surface area contributed by atoms with Gasteiger partial charge in [-0.3, -0.25) is 4.79 Å².